The van der Waals surface area contributed by atoms with Crippen molar-refractivity contribution >= 4 is 75.5 Å². The lowest BCUT2D eigenvalue weighted by molar-refractivity contribution is -0.136. The van der Waals surface area contributed by atoms with E-state index in [1.54, 1.807) is 36.4 Å². The molecule has 3 aromatic rings. The van der Waals surface area contributed by atoms with Gasteiger partial charge in [0.1, 0.15) is 5.75 Å². The molecule has 0 bridgehead atoms. The summed E-state index contributed by atoms with van der Waals surface area (Å²) < 4.78 is 6.14. The van der Waals surface area contributed by atoms with Crippen molar-refractivity contribution in [3.63, 3.8) is 0 Å². The second kappa shape index (κ2) is 11.1. The number of benzene rings is 3. The first kappa shape index (κ1) is 23.7. The number of nitrogens with zero attached hydrogens (tertiary/aromatic N) is 1. The largest absolute Gasteiger partial charge is 0.423 e. The Hall–Kier alpha value is -2.95. The Labute approximate surface area is 206 Å². The molecule has 3 aromatic carbocycles. The highest BCUT2D eigenvalue weighted by molar-refractivity contribution is 14.1. The third-order valence-electron chi connectivity index (χ3n) is 3.95. The van der Waals surface area contributed by atoms with Crippen molar-refractivity contribution in [1.29, 1.82) is 0 Å². The molecule has 0 atom stereocenters. The Kier molecular flexibility index (Phi) is 8.20. The molecule has 0 aliphatic heterocycles. The maximum absolute atomic E-state index is 12.2. The fourth-order valence-corrected chi connectivity index (χ4v) is 3.29. The van der Waals surface area contributed by atoms with Crippen LogP contribution in [0.5, 0.6) is 5.75 Å². The van der Waals surface area contributed by atoms with E-state index in [0.717, 1.165) is 3.57 Å². The van der Waals surface area contributed by atoms with Crippen LogP contribution in [0.15, 0.2) is 71.8 Å². The highest BCUT2D eigenvalue weighted by atomic mass is 127. The Morgan fingerprint density at radius 3 is 2.31 bits per heavy atom. The molecule has 32 heavy (non-hydrogen) atoms. The zero-order valence-corrected chi connectivity index (χ0v) is 19.8. The molecule has 7 nitrogen and oxygen atoms in total. The predicted octanol–water partition coefficient (Wildman–Crippen LogP) is 4.91. The number of anilines is 1. The van der Waals surface area contributed by atoms with Gasteiger partial charge >= 0.3 is 17.8 Å². The highest BCUT2D eigenvalue weighted by Gasteiger charge is 2.14. The van der Waals surface area contributed by atoms with Gasteiger partial charge in [0.05, 0.1) is 21.8 Å². The van der Waals surface area contributed by atoms with Gasteiger partial charge in [0, 0.05) is 9.26 Å². The van der Waals surface area contributed by atoms with Crippen LogP contribution in [0.1, 0.15) is 15.9 Å². The lowest BCUT2D eigenvalue weighted by Gasteiger charge is -2.06. The fourth-order valence-electron chi connectivity index (χ4n) is 2.39. The third kappa shape index (κ3) is 6.52. The molecule has 10 heteroatoms. The summed E-state index contributed by atoms with van der Waals surface area (Å²) in [6.07, 6.45) is 1.34. The number of nitrogens with one attached hydrogen (secondary N) is 2. The van der Waals surface area contributed by atoms with E-state index < -0.39 is 17.8 Å². The lowest BCUT2D eigenvalue weighted by atomic mass is 10.2. The number of ether oxygens (including phenoxy) is 1. The summed E-state index contributed by atoms with van der Waals surface area (Å²) in [5.41, 5.74) is 3.53. The molecule has 2 amide bonds. The number of carbonyl (C=O) groups excluding carboxylic acids is 3. The van der Waals surface area contributed by atoms with Gasteiger partial charge < -0.3 is 10.1 Å². The Morgan fingerprint density at radius 1 is 0.906 bits per heavy atom. The molecule has 3 rings (SSSR count). The van der Waals surface area contributed by atoms with Crippen molar-refractivity contribution in [3.05, 3.63) is 91.5 Å². The van der Waals surface area contributed by atoms with Crippen LogP contribution in [-0.2, 0) is 9.59 Å². The Bertz CT molecular complexity index is 1200. The van der Waals surface area contributed by atoms with Gasteiger partial charge in [-0.05, 0) is 82.8 Å². The quantitative estimate of drug-likeness (QED) is 0.112. The minimum absolute atomic E-state index is 0.246. The summed E-state index contributed by atoms with van der Waals surface area (Å²) in [5, 5.41) is 6.70. The van der Waals surface area contributed by atoms with Crippen LogP contribution < -0.4 is 15.5 Å². The molecule has 0 saturated carbocycles. The van der Waals surface area contributed by atoms with E-state index in [9.17, 15) is 14.4 Å². The van der Waals surface area contributed by atoms with Crippen molar-refractivity contribution in [1.82, 2.24) is 5.43 Å². The SMILES string of the molecule is O=C(N/N=C/c1ccc(OC(=O)c2ccccc2I)cc1)C(=O)Nc1ccc(Cl)c(Cl)c1. The lowest BCUT2D eigenvalue weighted by Crippen LogP contribution is -2.32. The van der Waals surface area contributed by atoms with Gasteiger partial charge in [-0.15, -0.1) is 0 Å². The number of hydrogen-bond acceptors (Lipinski definition) is 5. The van der Waals surface area contributed by atoms with Gasteiger partial charge in [0.2, 0.25) is 0 Å². The van der Waals surface area contributed by atoms with Crippen LogP contribution >= 0.6 is 45.8 Å². The van der Waals surface area contributed by atoms with Gasteiger partial charge in [-0.25, -0.2) is 10.2 Å². The summed E-state index contributed by atoms with van der Waals surface area (Å²) in [5.74, 6) is -1.98. The van der Waals surface area contributed by atoms with Crippen LogP contribution in [0.4, 0.5) is 5.69 Å². The molecule has 0 radical (unpaired) electrons. The molecule has 0 unspecified atom stereocenters. The maximum atomic E-state index is 12.2. The highest BCUT2D eigenvalue weighted by Crippen LogP contribution is 2.25. The number of hydrazone groups is 1. The molecular weight excluding hydrogens is 568 g/mol. The second-order valence-electron chi connectivity index (χ2n) is 6.22. The summed E-state index contributed by atoms with van der Waals surface area (Å²) in [6.45, 7) is 0. The Morgan fingerprint density at radius 2 is 1.62 bits per heavy atom. The van der Waals surface area contributed by atoms with E-state index in [2.05, 4.69) is 38.4 Å². The number of halogens is 3. The normalized spacial score (nSPS) is 10.6. The standard InChI is InChI=1S/C22H14Cl2IN3O4/c23-17-10-7-14(11-18(17)24)27-20(29)21(30)28-26-12-13-5-8-15(9-6-13)32-22(31)16-3-1-2-4-19(16)25/h1-12H,(H,27,29)(H,28,30)/b26-12+. The fraction of sp³-hybridized carbons (Fsp3) is 0. The zero-order valence-electron chi connectivity index (χ0n) is 16.1. The summed E-state index contributed by atoms with van der Waals surface area (Å²) >= 11 is 13.7. The predicted molar refractivity (Wildman–Crippen MR) is 131 cm³/mol. The van der Waals surface area contributed by atoms with E-state index in [-0.39, 0.29) is 5.02 Å². The minimum Gasteiger partial charge on any atom is -0.423 e. The molecule has 0 fully saturated rings. The molecule has 0 spiro atoms. The van der Waals surface area contributed by atoms with Gasteiger partial charge in [0.15, 0.2) is 0 Å². The number of esters is 1. The first-order valence-corrected chi connectivity index (χ1v) is 10.8. The van der Waals surface area contributed by atoms with Gasteiger partial charge in [-0.3, -0.25) is 9.59 Å². The first-order valence-electron chi connectivity index (χ1n) is 8.99. The average Bonchev–Trinajstić information content (AvgIpc) is 2.77. The van der Waals surface area contributed by atoms with Crippen molar-refractivity contribution in [2.24, 2.45) is 5.10 Å². The van der Waals surface area contributed by atoms with Crippen molar-refractivity contribution < 1.29 is 19.1 Å². The maximum Gasteiger partial charge on any atom is 0.344 e. The van der Waals surface area contributed by atoms with Gasteiger partial charge in [-0.1, -0.05) is 35.3 Å². The second-order valence-corrected chi connectivity index (χ2v) is 8.20. The van der Waals surface area contributed by atoms with Crippen LogP contribution in [-0.4, -0.2) is 24.0 Å². The van der Waals surface area contributed by atoms with E-state index >= 15 is 0 Å². The van der Waals surface area contributed by atoms with E-state index in [1.807, 2.05) is 12.1 Å². The molecular formula is C22H14Cl2IN3O4. The summed E-state index contributed by atoms with van der Waals surface area (Å²) in [6, 6.07) is 18.0. The topological polar surface area (TPSA) is 96.9 Å². The van der Waals surface area contributed by atoms with Gasteiger partial charge in [0.25, 0.3) is 0 Å². The molecule has 0 saturated heterocycles. The van der Waals surface area contributed by atoms with Crippen molar-refractivity contribution in [2.75, 3.05) is 5.32 Å². The van der Waals surface area contributed by atoms with Crippen molar-refractivity contribution in [2.45, 2.75) is 0 Å². The van der Waals surface area contributed by atoms with E-state index in [0.29, 0.717) is 27.6 Å². The number of carbonyl (C=O) groups is 3. The average molecular weight is 582 g/mol. The van der Waals surface area contributed by atoms with Crippen LogP contribution in [0.2, 0.25) is 10.0 Å². The van der Waals surface area contributed by atoms with Crippen LogP contribution in [0.25, 0.3) is 0 Å². The molecule has 0 aliphatic rings. The number of amides is 2. The molecule has 0 aromatic heterocycles. The number of hydrogen-bond donors (Lipinski definition) is 2. The molecule has 0 heterocycles. The molecule has 0 aliphatic carbocycles. The first-order chi connectivity index (χ1) is 15.3. The molecule has 2 N–H and O–H groups in total. The van der Waals surface area contributed by atoms with Crippen LogP contribution in [0.3, 0.4) is 0 Å². The zero-order chi connectivity index (χ0) is 23.1. The van der Waals surface area contributed by atoms with Crippen LogP contribution in [0, 0.1) is 3.57 Å². The number of rotatable bonds is 5. The minimum atomic E-state index is -0.963. The van der Waals surface area contributed by atoms with E-state index in [4.69, 9.17) is 27.9 Å². The summed E-state index contributed by atoms with van der Waals surface area (Å²) in [7, 11) is 0. The smallest absolute Gasteiger partial charge is 0.344 e. The summed E-state index contributed by atoms with van der Waals surface area (Å²) in [4.78, 5) is 36.0. The monoisotopic (exact) mass is 581 g/mol. The Balaban J connectivity index is 1.52. The van der Waals surface area contributed by atoms with Crippen molar-refractivity contribution in [3.8, 4) is 5.75 Å². The van der Waals surface area contributed by atoms with E-state index in [1.165, 1.54) is 24.4 Å². The van der Waals surface area contributed by atoms with Gasteiger partial charge in [-0.2, -0.15) is 5.10 Å². The third-order valence-corrected chi connectivity index (χ3v) is 5.63. The molecule has 162 valence electrons.